The van der Waals surface area contributed by atoms with Crippen LogP contribution >= 0.6 is 0 Å². The summed E-state index contributed by atoms with van der Waals surface area (Å²) < 4.78 is 3.62. The standard InChI is InChI=1S/6C6H11.2CHO2.2Sn/c6*1-2-4-6-5-3-1;2*2-1-3;;/h6*1H,2-6H2;2*(H,2,3);;. The van der Waals surface area contributed by atoms with Crippen molar-refractivity contribution in [2.45, 2.75) is 216 Å². The number of hydrogen-bond acceptors (Lipinski definition) is 2. The van der Waals surface area contributed by atoms with Crippen LogP contribution in [0.2, 0.25) is 23.6 Å². The van der Waals surface area contributed by atoms with E-state index in [-0.39, 0.29) is 7.97 Å². The third-order valence-corrected chi connectivity index (χ3v) is 51.7. The van der Waals surface area contributed by atoms with Gasteiger partial charge in [-0.05, 0) is 0 Å². The quantitative estimate of drug-likeness (QED) is 0.239. The van der Waals surface area contributed by atoms with E-state index < -0.39 is 36.8 Å². The fourth-order valence-electron chi connectivity index (χ4n) is 12.5. The summed E-state index contributed by atoms with van der Waals surface area (Å²) in [4.78, 5) is 25.6. The first-order valence-corrected chi connectivity index (χ1v) is 32.7. The van der Waals surface area contributed by atoms with E-state index in [1.807, 2.05) is 0 Å². The average Bonchev–Trinajstić information content (AvgIpc) is 3.08. The van der Waals surface area contributed by atoms with Crippen molar-refractivity contribution in [1.29, 1.82) is 0 Å². The normalized spacial score (nSPS) is 26.9. The molecule has 0 unspecified atom stereocenters. The van der Waals surface area contributed by atoms with Crippen molar-refractivity contribution in [1.82, 2.24) is 0 Å². The van der Waals surface area contributed by atoms with Gasteiger partial charge in [0.1, 0.15) is 0 Å². The van der Waals surface area contributed by atoms with Gasteiger partial charge in [-0.25, -0.2) is 0 Å². The van der Waals surface area contributed by atoms with Crippen LogP contribution in [-0.4, -0.2) is 54.9 Å². The van der Waals surface area contributed by atoms with Crippen LogP contribution in [0.4, 0.5) is 9.59 Å². The van der Waals surface area contributed by atoms with E-state index in [4.69, 9.17) is 0 Å². The molecule has 0 aromatic carbocycles. The number of carboxylic acid groups (broad SMARTS) is 2. The van der Waals surface area contributed by atoms with Crippen molar-refractivity contribution in [2.24, 2.45) is 0 Å². The first kappa shape index (κ1) is 35.8. The van der Waals surface area contributed by atoms with Gasteiger partial charge in [-0.3, -0.25) is 0 Å². The van der Waals surface area contributed by atoms with Crippen LogP contribution in [0.1, 0.15) is 193 Å². The Balaban J connectivity index is 0.000000175. The van der Waals surface area contributed by atoms with E-state index in [0.29, 0.717) is 23.6 Å². The average molecular weight is 826 g/mol. The second-order valence-corrected chi connectivity index (χ2v) is 43.6. The molecule has 6 fully saturated rings. The Morgan fingerprint density at radius 3 is 0.545 bits per heavy atom. The number of rotatable bonds is 8. The summed E-state index contributed by atoms with van der Waals surface area (Å²) in [6.07, 6.45) is 39.2. The number of hydrogen-bond donors (Lipinski definition) is 2. The third kappa shape index (κ3) is 7.88. The predicted octanol–water partition coefficient (Wildman–Crippen LogP) is 13.4. The SMILES string of the molecule is O=[C](O)[Sn]([CH]1CCCCC1)([CH]1CCCCC1)[CH]1CCCCC1.O=[C](O)[Sn]([CH]1CCCCC1)([CH]1CCCCC1)[CH]1CCCCC1. The summed E-state index contributed by atoms with van der Waals surface area (Å²) in [7, 11) is 0. The zero-order chi connectivity index (χ0) is 30.8. The van der Waals surface area contributed by atoms with Crippen LogP contribution in [0.5, 0.6) is 0 Å². The molecule has 6 heteroatoms. The Labute approximate surface area is 278 Å². The summed E-state index contributed by atoms with van der Waals surface area (Å²) in [5.41, 5.74) is 0. The van der Waals surface area contributed by atoms with E-state index in [2.05, 4.69) is 0 Å². The van der Waals surface area contributed by atoms with Crippen molar-refractivity contribution in [3.63, 3.8) is 0 Å². The monoisotopic (exact) mass is 828 g/mol. The molecule has 0 aliphatic heterocycles. The molecule has 0 amide bonds. The third-order valence-electron chi connectivity index (χ3n) is 14.4. The van der Waals surface area contributed by atoms with E-state index in [1.54, 1.807) is 0 Å². The van der Waals surface area contributed by atoms with Crippen molar-refractivity contribution >= 4 is 44.7 Å². The van der Waals surface area contributed by atoms with Gasteiger partial charge in [0, 0.05) is 0 Å². The van der Waals surface area contributed by atoms with Crippen molar-refractivity contribution < 1.29 is 19.8 Å². The first-order valence-electron chi connectivity index (χ1n) is 20.0. The molecule has 0 heterocycles. The van der Waals surface area contributed by atoms with Gasteiger partial charge in [0.05, 0.1) is 0 Å². The van der Waals surface area contributed by atoms with Crippen molar-refractivity contribution in [3.8, 4) is 0 Å². The van der Waals surface area contributed by atoms with Crippen LogP contribution < -0.4 is 0 Å². The Bertz CT molecular complexity index is 708. The summed E-state index contributed by atoms with van der Waals surface area (Å²) in [6.45, 7) is 0. The van der Waals surface area contributed by atoms with Crippen LogP contribution in [0.15, 0.2) is 0 Å². The molecule has 2 N–H and O–H groups in total. The molecule has 44 heavy (non-hydrogen) atoms. The Morgan fingerprint density at radius 2 is 0.432 bits per heavy atom. The van der Waals surface area contributed by atoms with Gasteiger partial charge in [0.15, 0.2) is 0 Å². The second-order valence-electron chi connectivity index (χ2n) is 16.5. The molecule has 0 atom stereocenters. The van der Waals surface area contributed by atoms with Gasteiger partial charge in [0.2, 0.25) is 0 Å². The predicted molar refractivity (Wildman–Crippen MR) is 189 cm³/mol. The molecule has 6 aliphatic carbocycles. The topological polar surface area (TPSA) is 74.6 Å². The van der Waals surface area contributed by atoms with E-state index >= 15 is 0 Å². The molecule has 0 spiro atoms. The maximum atomic E-state index is 12.8. The summed E-state index contributed by atoms with van der Waals surface area (Å²) in [6, 6.07) is 0. The molecule has 6 rings (SSSR count). The molecule has 4 nitrogen and oxygen atoms in total. The fourth-order valence-corrected chi connectivity index (χ4v) is 53.3. The summed E-state index contributed by atoms with van der Waals surface area (Å²) in [5, 5.41) is 21.1. The van der Waals surface area contributed by atoms with Gasteiger partial charge in [-0.2, -0.15) is 0 Å². The molecular formula is C38H68O4Sn2. The minimum atomic E-state index is -3.22. The van der Waals surface area contributed by atoms with Crippen molar-refractivity contribution in [2.75, 3.05) is 0 Å². The minimum absolute atomic E-state index is 0.208. The molecule has 0 radical (unpaired) electrons. The van der Waals surface area contributed by atoms with Crippen LogP contribution in [-0.2, 0) is 0 Å². The summed E-state index contributed by atoms with van der Waals surface area (Å²) >= 11 is -6.43. The van der Waals surface area contributed by atoms with E-state index in [9.17, 15) is 19.8 Å². The van der Waals surface area contributed by atoms with Crippen molar-refractivity contribution in [3.05, 3.63) is 0 Å². The van der Waals surface area contributed by atoms with Gasteiger partial charge in [-0.15, -0.1) is 0 Å². The molecule has 6 saturated carbocycles. The summed E-state index contributed by atoms with van der Waals surface area (Å²) in [5.74, 6) is 0. The molecule has 252 valence electrons. The van der Waals surface area contributed by atoms with Gasteiger partial charge in [-0.1, -0.05) is 0 Å². The van der Waals surface area contributed by atoms with Crippen LogP contribution in [0.3, 0.4) is 0 Å². The van der Waals surface area contributed by atoms with Gasteiger partial charge >= 0.3 is 281 Å². The van der Waals surface area contributed by atoms with Gasteiger partial charge < -0.3 is 0 Å². The van der Waals surface area contributed by atoms with E-state index in [1.165, 1.54) is 193 Å². The van der Waals surface area contributed by atoms with Crippen LogP contribution in [0.25, 0.3) is 0 Å². The molecule has 0 aromatic heterocycles. The molecule has 6 aliphatic rings. The Morgan fingerprint density at radius 1 is 0.295 bits per heavy atom. The molecular weight excluding hydrogens is 758 g/mol. The zero-order valence-corrected chi connectivity index (χ0v) is 34.1. The molecule has 0 bridgehead atoms. The Hall–Kier alpha value is 0.537. The Kier molecular flexibility index (Phi) is 14.5. The number of carbonyl (C=O) groups is 2. The van der Waals surface area contributed by atoms with Gasteiger partial charge in [0.25, 0.3) is 0 Å². The van der Waals surface area contributed by atoms with E-state index in [0.717, 1.165) is 0 Å². The fraction of sp³-hybridized carbons (Fsp3) is 0.947. The maximum absolute atomic E-state index is 12.8. The molecule has 0 saturated heterocycles. The second kappa shape index (κ2) is 17.8. The molecule has 0 aromatic rings. The first-order chi connectivity index (χ1) is 21.5. The zero-order valence-electron chi connectivity index (χ0n) is 28.4. The van der Waals surface area contributed by atoms with Crippen LogP contribution in [0, 0.1) is 0 Å².